The lowest BCUT2D eigenvalue weighted by atomic mass is 10.1. The Labute approximate surface area is 144 Å². The first kappa shape index (κ1) is 18.2. The molecule has 2 aromatic carbocycles. The van der Waals surface area contributed by atoms with Gasteiger partial charge in [0, 0.05) is 19.3 Å². The summed E-state index contributed by atoms with van der Waals surface area (Å²) in [5.41, 5.74) is 0. The van der Waals surface area contributed by atoms with Gasteiger partial charge in [-0.05, 0) is 35.7 Å². The van der Waals surface area contributed by atoms with Gasteiger partial charge in [0.1, 0.15) is 6.54 Å². The predicted octanol–water partition coefficient (Wildman–Crippen LogP) is 3.57. The lowest BCUT2D eigenvalue weighted by Crippen LogP contribution is -2.47. The van der Waals surface area contributed by atoms with Crippen LogP contribution < -0.4 is 0 Å². The van der Waals surface area contributed by atoms with Gasteiger partial charge in [-0.3, -0.25) is 0 Å². The highest BCUT2D eigenvalue weighted by Gasteiger charge is 2.41. The van der Waals surface area contributed by atoms with E-state index in [1.807, 2.05) is 12.1 Å². The monoisotopic (exact) mass is 373 g/mol. The van der Waals surface area contributed by atoms with E-state index in [4.69, 9.17) is 4.74 Å². The number of halogens is 3. The summed E-state index contributed by atoms with van der Waals surface area (Å²) >= 11 is 0. The molecule has 1 saturated heterocycles. The topological polar surface area (TPSA) is 46.6 Å². The molecular formula is C17H18F3NO3S. The maximum Gasteiger partial charge on any atom is 0.402 e. The van der Waals surface area contributed by atoms with E-state index in [0.29, 0.717) is 9.69 Å². The van der Waals surface area contributed by atoms with Gasteiger partial charge in [-0.2, -0.15) is 17.5 Å². The van der Waals surface area contributed by atoms with Crippen molar-refractivity contribution in [3.8, 4) is 0 Å². The lowest BCUT2D eigenvalue weighted by molar-refractivity contribution is -0.141. The summed E-state index contributed by atoms with van der Waals surface area (Å²) in [4.78, 5) is -0.123. The van der Waals surface area contributed by atoms with E-state index in [9.17, 15) is 21.6 Å². The Morgan fingerprint density at radius 1 is 1.04 bits per heavy atom. The number of alkyl halides is 3. The van der Waals surface area contributed by atoms with Crippen LogP contribution in [0.3, 0.4) is 0 Å². The van der Waals surface area contributed by atoms with Gasteiger partial charge < -0.3 is 4.74 Å². The van der Waals surface area contributed by atoms with Crippen molar-refractivity contribution >= 4 is 20.8 Å². The van der Waals surface area contributed by atoms with Crippen LogP contribution in [0.2, 0.25) is 0 Å². The fourth-order valence-corrected chi connectivity index (χ4v) is 4.73. The van der Waals surface area contributed by atoms with E-state index in [2.05, 4.69) is 0 Å². The number of rotatable bonds is 4. The Kier molecular flexibility index (Phi) is 5.04. The first-order valence-electron chi connectivity index (χ1n) is 7.92. The van der Waals surface area contributed by atoms with Crippen molar-refractivity contribution in [3.05, 3.63) is 42.5 Å². The summed E-state index contributed by atoms with van der Waals surface area (Å²) in [5, 5.41) is 1.50. The SMILES string of the molecule is O=S(=O)(c1ccc2ccccc2c1)N(CC(F)(F)F)C1CCOCC1. The van der Waals surface area contributed by atoms with Crippen LogP contribution in [0.25, 0.3) is 10.8 Å². The summed E-state index contributed by atoms with van der Waals surface area (Å²) in [6.07, 6.45) is -4.10. The average Bonchev–Trinajstić information content (AvgIpc) is 2.59. The van der Waals surface area contributed by atoms with Crippen LogP contribution in [0.15, 0.2) is 47.4 Å². The molecule has 0 aromatic heterocycles. The number of benzene rings is 2. The third-order valence-electron chi connectivity index (χ3n) is 4.26. The molecule has 0 bridgehead atoms. The number of ether oxygens (including phenoxy) is 1. The quantitative estimate of drug-likeness (QED) is 0.823. The Morgan fingerprint density at radius 3 is 2.32 bits per heavy atom. The van der Waals surface area contributed by atoms with Gasteiger partial charge in [-0.1, -0.05) is 30.3 Å². The van der Waals surface area contributed by atoms with E-state index in [1.165, 1.54) is 12.1 Å². The summed E-state index contributed by atoms with van der Waals surface area (Å²) in [6.45, 7) is -0.981. The molecule has 4 nitrogen and oxygen atoms in total. The van der Waals surface area contributed by atoms with Crippen LogP contribution in [0.1, 0.15) is 12.8 Å². The van der Waals surface area contributed by atoms with E-state index >= 15 is 0 Å². The normalized spacial score (nSPS) is 17.3. The maximum atomic E-state index is 13.0. The van der Waals surface area contributed by atoms with Gasteiger partial charge >= 0.3 is 6.18 Å². The molecule has 8 heteroatoms. The van der Waals surface area contributed by atoms with Crippen molar-refractivity contribution in [1.29, 1.82) is 0 Å². The summed E-state index contributed by atoms with van der Waals surface area (Å²) < 4.78 is 70.7. The maximum absolute atomic E-state index is 13.0. The van der Waals surface area contributed by atoms with Crippen LogP contribution in [-0.2, 0) is 14.8 Å². The van der Waals surface area contributed by atoms with Crippen molar-refractivity contribution in [2.45, 2.75) is 30.0 Å². The zero-order valence-electron chi connectivity index (χ0n) is 13.4. The Balaban J connectivity index is 2.01. The molecule has 0 unspecified atom stereocenters. The molecule has 0 aliphatic carbocycles. The molecule has 1 fully saturated rings. The van der Waals surface area contributed by atoms with Crippen LogP contribution >= 0.6 is 0 Å². The molecule has 1 aliphatic rings. The average molecular weight is 373 g/mol. The molecule has 0 atom stereocenters. The molecule has 0 saturated carbocycles. The highest BCUT2D eigenvalue weighted by Crippen LogP contribution is 2.29. The summed E-state index contributed by atoms with van der Waals surface area (Å²) in [6, 6.07) is 10.8. The Bertz CT molecular complexity index is 846. The van der Waals surface area contributed by atoms with E-state index in [-0.39, 0.29) is 31.0 Å². The first-order chi connectivity index (χ1) is 11.8. The number of hydrogen-bond acceptors (Lipinski definition) is 3. The van der Waals surface area contributed by atoms with Crippen molar-refractivity contribution in [1.82, 2.24) is 4.31 Å². The van der Waals surface area contributed by atoms with Gasteiger partial charge in [-0.15, -0.1) is 0 Å². The molecule has 2 aromatic rings. The van der Waals surface area contributed by atoms with Crippen molar-refractivity contribution in [2.24, 2.45) is 0 Å². The standard InChI is InChI=1S/C17H18F3NO3S/c18-17(19,20)12-21(15-7-9-24-10-8-15)25(22,23)16-6-5-13-3-1-2-4-14(13)11-16/h1-6,11,15H,7-10,12H2. The third-order valence-corrected chi connectivity index (χ3v) is 6.16. The Morgan fingerprint density at radius 2 is 1.68 bits per heavy atom. The highest BCUT2D eigenvalue weighted by molar-refractivity contribution is 7.89. The molecule has 136 valence electrons. The molecule has 0 amide bonds. The van der Waals surface area contributed by atoms with Gasteiger partial charge in [0.2, 0.25) is 10.0 Å². The second kappa shape index (κ2) is 6.93. The largest absolute Gasteiger partial charge is 0.402 e. The van der Waals surface area contributed by atoms with Crippen LogP contribution in [0, 0.1) is 0 Å². The van der Waals surface area contributed by atoms with E-state index in [0.717, 1.165) is 5.39 Å². The minimum atomic E-state index is -4.61. The summed E-state index contributed by atoms with van der Waals surface area (Å²) in [7, 11) is -4.27. The van der Waals surface area contributed by atoms with E-state index < -0.39 is 28.8 Å². The van der Waals surface area contributed by atoms with Crippen molar-refractivity contribution < 1.29 is 26.3 Å². The fraction of sp³-hybridized carbons (Fsp3) is 0.412. The molecule has 1 aliphatic heterocycles. The molecule has 1 heterocycles. The second-order valence-corrected chi connectivity index (χ2v) is 7.91. The zero-order valence-corrected chi connectivity index (χ0v) is 14.2. The van der Waals surface area contributed by atoms with Crippen molar-refractivity contribution in [3.63, 3.8) is 0 Å². The molecule has 3 rings (SSSR count). The van der Waals surface area contributed by atoms with Crippen LogP contribution in [0.5, 0.6) is 0 Å². The molecule has 0 N–H and O–H groups in total. The molecule has 25 heavy (non-hydrogen) atoms. The summed E-state index contributed by atoms with van der Waals surface area (Å²) in [5.74, 6) is 0. The minimum absolute atomic E-state index is 0.123. The number of sulfonamides is 1. The van der Waals surface area contributed by atoms with Gasteiger partial charge in [-0.25, -0.2) is 8.42 Å². The third kappa shape index (κ3) is 4.13. The minimum Gasteiger partial charge on any atom is -0.381 e. The van der Waals surface area contributed by atoms with Gasteiger partial charge in [0.05, 0.1) is 4.90 Å². The highest BCUT2D eigenvalue weighted by atomic mass is 32.2. The van der Waals surface area contributed by atoms with Crippen LogP contribution in [0.4, 0.5) is 13.2 Å². The second-order valence-electron chi connectivity index (χ2n) is 6.02. The zero-order chi connectivity index (χ0) is 18.1. The molecule has 0 radical (unpaired) electrons. The number of hydrogen-bond donors (Lipinski definition) is 0. The van der Waals surface area contributed by atoms with Gasteiger partial charge in [0.25, 0.3) is 0 Å². The van der Waals surface area contributed by atoms with E-state index in [1.54, 1.807) is 18.2 Å². The van der Waals surface area contributed by atoms with Crippen LogP contribution in [-0.4, -0.2) is 44.7 Å². The first-order valence-corrected chi connectivity index (χ1v) is 9.36. The Hall–Kier alpha value is -1.64. The lowest BCUT2D eigenvalue weighted by Gasteiger charge is -2.33. The van der Waals surface area contributed by atoms with Gasteiger partial charge in [0.15, 0.2) is 0 Å². The van der Waals surface area contributed by atoms with Crippen molar-refractivity contribution in [2.75, 3.05) is 19.8 Å². The smallest absolute Gasteiger partial charge is 0.381 e. The molecule has 0 spiro atoms. The number of nitrogens with zero attached hydrogens (tertiary/aromatic N) is 1. The predicted molar refractivity (Wildman–Crippen MR) is 87.7 cm³/mol. The fourth-order valence-electron chi connectivity index (χ4n) is 3.02. The molecular weight excluding hydrogens is 355 g/mol. The number of fused-ring (bicyclic) bond motifs is 1.